The predicted molar refractivity (Wildman–Crippen MR) is 63.6 cm³/mol. The van der Waals surface area contributed by atoms with Crippen LogP contribution in [0, 0.1) is 0 Å². The van der Waals surface area contributed by atoms with E-state index in [0.717, 1.165) is 5.56 Å². The van der Waals surface area contributed by atoms with Crippen LogP contribution in [0.5, 0.6) is 5.75 Å². The fraction of sp³-hybridized carbons (Fsp3) is 0.538. The Bertz CT molecular complexity index is 425. The van der Waals surface area contributed by atoms with Gasteiger partial charge in [-0.3, -0.25) is 4.90 Å². The number of hydrogen-bond acceptors (Lipinski definition) is 3. The molecule has 0 atom stereocenters. The van der Waals surface area contributed by atoms with Crippen LogP contribution in [0.4, 0.5) is 13.2 Å². The number of likely N-dealkylation sites (tertiary alicyclic amines) is 1. The van der Waals surface area contributed by atoms with Crippen molar-refractivity contribution in [3.63, 3.8) is 0 Å². The molecule has 0 amide bonds. The van der Waals surface area contributed by atoms with Crippen LogP contribution in [0.25, 0.3) is 0 Å². The van der Waals surface area contributed by atoms with Crippen molar-refractivity contribution in [2.45, 2.75) is 31.9 Å². The first-order valence-electron chi connectivity index (χ1n) is 6.09. The fourth-order valence-electron chi connectivity index (χ4n) is 2.18. The fourth-order valence-corrected chi connectivity index (χ4v) is 2.18. The summed E-state index contributed by atoms with van der Waals surface area (Å²) in [5.41, 5.74) is 0.298. The quantitative estimate of drug-likeness (QED) is 0.916. The Labute approximate surface area is 109 Å². The molecule has 19 heavy (non-hydrogen) atoms. The monoisotopic (exact) mass is 275 g/mol. The molecular weight excluding hydrogens is 259 g/mol. The second kappa shape index (κ2) is 5.02. The maximum Gasteiger partial charge on any atom is 0.573 e. The van der Waals surface area contributed by atoms with Gasteiger partial charge in [-0.05, 0) is 24.1 Å². The second-order valence-corrected chi connectivity index (χ2v) is 4.91. The van der Waals surface area contributed by atoms with Gasteiger partial charge in [-0.15, -0.1) is 13.2 Å². The molecule has 0 unspecified atom stereocenters. The Morgan fingerprint density at radius 2 is 1.84 bits per heavy atom. The van der Waals surface area contributed by atoms with Gasteiger partial charge in [0, 0.05) is 19.6 Å². The Hall–Kier alpha value is -1.27. The molecule has 0 bridgehead atoms. The average Bonchev–Trinajstić information content (AvgIpc) is 2.27. The van der Waals surface area contributed by atoms with Gasteiger partial charge in [-0.25, -0.2) is 0 Å². The molecule has 106 valence electrons. The molecule has 1 N–H and O–H groups in total. The molecule has 1 aromatic rings. The molecule has 2 rings (SSSR count). The lowest BCUT2D eigenvalue weighted by Gasteiger charge is -2.46. The van der Waals surface area contributed by atoms with E-state index in [1.54, 1.807) is 12.1 Å². The summed E-state index contributed by atoms with van der Waals surface area (Å²) in [7, 11) is 0. The number of β-amino-alcohol motifs (C(OH)–C–C–N with tert-alkyl or cyclic N) is 1. The van der Waals surface area contributed by atoms with E-state index in [0.29, 0.717) is 26.1 Å². The lowest BCUT2D eigenvalue weighted by Crippen LogP contribution is -2.60. The third-order valence-corrected chi connectivity index (χ3v) is 3.26. The lowest BCUT2D eigenvalue weighted by molar-refractivity contribution is -0.274. The first-order chi connectivity index (χ1) is 8.80. The van der Waals surface area contributed by atoms with Crippen LogP contribution in [0.3, 0.4) is 0 Å². The van der Waals surface area contributed by atoms with Crippen molar-refractivity contribution in [3.8, 4) is 5.75 Å². The van der Waals surface area contributed by atoms with Crippen LogP contribution < -0.4 is 4.74 Å². The summed E-state index contributed by atoms with van der Waals surface area (Å²) < 4.78 is 39.7. The van der Waals surface area contributed by atoms with Gasteiger partial charge in [0.05, 0.1) is 5.60 Å². The Morgan fingerprint density at radius 1 is 1.26 bits per heavy atom. The minimum atomic E-state index is -4.66. The van der Waals surface area contributed by atoms with Crippen molar-refractivity contribution >= 4 is 0 Å². The van der Waals surface area contributed by atoms with E-state index in [2.05, 4.69) is 4.74 Å². The molecule has 0 radical (unpaired) electrons. The summed E-state index contributed by atoms with van der Waals surface area (Å²) in [6, 6.07) is 5.80. The Balaban J connectivity index is 1.87. The summed E-state index contributed by atoms with van der Waals surface area (Å²) in [6.45, 7) is 3.75. The van der Waals surface area contributed by atoms with Crippen LogP contribution in [0.15, 0.2) is 24.3 Å². The van der Waals surface area contributed by atoms with Gasteiger partial charge in [-0.2, -0.15) is 0 Å². The first-order valence-corrected chi connectivity index (χ1v) is 6.09. The van der Waals surface area contributed by atoms with Crippen LogP contribution in [-0.4, -0.2) is 35.1 Å². The van der Waals surface area contributed by atoms with Crippen LogP contribution >= 0.6 is 0 Å². The van der Waals surface area contributed by atoms with Crippen LogP contribution in [-0.2, 0) is 6.54 Å². The number of hydrogen-bond donors (Lipinski definition) is 1. The van der Waals surface area contributed by atoms with E-state index < -0.39 is 12.0 Å². The minimum Gasteiger partial charge on any atom is -0.406 e. The molecule has 1 aliphatic rings. The largest absolute Gasteiger partial charge is 0.573 e. The van der Waals surface area contributed by atoms with Gasteiger partial charge in [0.15, 0.2) is 0 Å². The van der Waals surface area contributed by atoms with Gasteiger partial charge < -0.3 is 9.84 Å². The smallest absolute Gasteiger partial charge is 0.406 e. The van der Waals surface area contributed by atoms with E-state index in [1.807, 2.05) is 11.8 Å². The Kier molecular flexibility index (Phi) is 3.73. The highest BCUT2D eigenvalue weighted by Gasteiger charge is 2.39. The molecule has 0 spiro atoms. The zero-order valence-corrected chi connectivity index (χ0v) is 10.6. The number of nitrogens with zero attached hydrogens (tertiary/aromatic N) is 1. The van der Waals surface area contributed by atoms with Crippen molar-refractivity contribution < 1.29 is 23.0 Å². The molecule has 1 saturated heterocycles. The van der Waals surface area contributed by atoms with E-state index in [1.165, 1.54) is 12.1 Å². The summed E-state index contributed by atoms with van der Waals surface area (Å²) in [4.78, 5) is 2.04. The van der Waals surface area contributed by atoms with Gasteiger partial charge in [0.1, 0.15) is 5.75 Å². The maximum atomic E-state index is 12.0. The number of rotatable bonds is 4. The number of ether oxygens (including phenoxy) is 1. The SMILES string of the molecule is CCC1(O)CN(Cc2ccc(OC(F)(F)F)cc2)C1. The molecule has 1 aromatic carbocycles. The normalized spacial score (nSPS) is 19.0. The van der Waals surface area contributed by atoms with Crippen LogP contribution in [0.1, 0.15) is 18.9 Å². The predicted octanol–water partition coefficient (Wildman–Crippen LogP) is 2.54. The third kappa shape index (κ3) is 3.84. The highest BCUT2D eigenvalue weighted by atomic mass is 19.4. The van der Waals surface area contributed by atoms with Gasteiger partial charge in [-0.1, -0.05) is 19.1 Å². The topological polar surface area (TPSA) is 32.7 Å². The molecule has 6 heteroatoms. The van der Waals surface area contributed by atoms with Crippen molar-refractivity contribution in [2.75, 3.05) is 13.1 Å². The average molecular weight is 275 g/mol. The molecule has 3 nitrogen and oxygen atoms in total. The second-order valence-electron chi connectivity index (χ2n) is 4.91. The standard InChI is InChI=1S/C13H16F3NO2/c1-2-12(18)8-17(9-12)7-10-3-5-11(6-4-10)19-13(14,15)16/h3-6,18H,2,7-9H2,1H3. The molecule has 1 fully saturated rings. The number of halogens is 3. The number of benzene rings is 1. The highest BCUT2D eigenvalue weighted by molar-refractivity contribution is 5.27. The number of alkyl halides is 3. The molecular formula is C13H16F3NO2. The Morgan fingerprint density at radius 3 is 2.32 bits per heavy atom. The molecule has 0 aliphatic carbocycles. The zero-order valence-electron chi connectivity index (χ0n) is 10.6. The van der Waals surface area contributed by atoms with Crippen molar-refractivity contribution in [2.24, 2.45) is 0 Å². The van der Waals surface area contributed by atoms with Crippen LogP contribution in [0.2, 0.25) is 0 Å². The highest BCUT2D eigenvalue weighted by Crippen LogP contribution is 2.27. The molecule has 1 aliphatic heterocycles. The van der Waals surface area contributed by atoms with Crippen molar-refractivity contribution in [1.82, 2.24) is 4.90 Å². The van der Waals surface area contributed by atoms with E-state index in [-0.39, 0.29) is 5.75 Å². The third-order valence-electron chi connectivity index (χ3n) is 3.26. The maximum absolute atomic E-state index is 12.0. The van der Waals surface area contributed by atoms with E-state index >= 15 is 0 Å². The lowest BCUT2D eigenvalue weighted by atomic mass is 9.91. The van der Waals surface area contributed by atoms with E-state index in [9.17, 15) is 18.3 Å². The van der Waals surface area contributed by atoms with Gasteiger partial charge >= 0.3 is 6.36 Å². The molecule has 0 saturated carbocycles. The summed E-state index contributed by atoms with van der Waals surface area (Å²) in [5.74, 6) is -0.218. The zero-order chi connectivity index (χ0) is 14.1. The number of aliphatic hydroxyl groups is 1. The van der Waals surface area contributed by atoms with Crippen molar-refractivity contribution in [1.29, 1.82) is 0 Å². The summed E-state index contributed by atoms with van der Waals surface area (Å²) >= 11 is 0. The first kappa shape index (κ1) is 14.1. The van der Waals surface area contributed by atoms with Crippen molar-refractivity contribution in [3.05, 3.63) is 29.8 Å². The minimum absolute atomic E-state index is 0.218. The molecule has 0 aromatic heterocycles. The van der Waals surface area contributed by atoms with E-state index in [4.69, 9.17) is 0 Å². The summed E-state index contributed by atoms with van der Waals surface area (Å²) in [5, 5.41) is 9.85. The molecule has 1 heterocycles. The summed E-state index contributed by atoms with van der Waals surface area (Å²) in [6.07, 6.45) is -3.95. The van der Waals surface area contributed by atoms with Gasteiger partial charge in [0.2, 0.25) is 0 Å². The van der Waals surface area contributed by atoms with Gasteiger partial charge in [0.25, 0.3) is 0 Å².